The molecule has 0 radical (unpaired) electrons. The van der Waals surface area contributed by atoms with Crippen molar-refractivity contribution in [2.75, 3.05) is 0 Å². The average Bonchev–Trinajstić information content (AvgIpc) is 2.32. The van der Waals surface area contributed by atoms with Crippen LogP contribution in [0, 0.1) is 12.7 Å². The molecule has 0 saturated carbocycles. The summed E-state index contributed by atoms with van der Waals surface area (Å²) in [5.74, 6) is -0.273. The van der Waals surface area contributed by atoms with Gasteiger partial charge in [-0.1, -0.05) is 40.2 Å². The molecule has 1 nitrogen and oxygen atoms in total. The number of halogens is 2. The van der Waals surface area contributed by atoms with Crippen molar-refractivity contribution in [2.24, 2.45) is 0 Å². The first-order valence-electron chi connectivity index (χ1n) is 5.75. The Bertz CT molecular complexity index is 554. The van der Waals surface area contributed by atoms with Gasteiger partial charge in [-0.25, -0.2) is 4.39 Å². The Kier molecular flexibility index (Phi) is 4.15. The highest BCUT2D eigenvalue weighted by Crippen LogP contribution is 2.26. The third kappa shape index (κ3) is 2.98. The Labute approximate surface area is 114 Å². The van der Waals surface area contributed by atoms with Crippen molar-refractivity contribution in [1.82, 2.24) is 0 Å². The molecule has 0 amide bonds. The van der Waals surface area contributed by atoms with Gasteiger partial charge in [0.25, 0.3) is 0 Å². The maximum Gasteiger partial charge on any atom is 0.123 e. The summed E-state index contributed by atoms with van der Waals surface area (Å²) in [4.78, 5) is 0. The van der Waals surface area contributed by atoms with Gasteiger partial charge in [0, 0.05) is 10.9 Å². The van der Waals surface area contributed by atoms with Crippen molar-refractivity contribution in [2.45, 2.75) is 19.4 Å². The van der Waals surface area contributed by atoms with Gasteiger partial charge in [0.05, 0.1) is 6.10 Å². The van der Waals surface area contributed by atoms with E-state index in [4.69, 9.17) is 0 Å². The number of hydrogen-bond acceptors (Lipinski definition) is 1. The molecule has 0 aliphatic rings. The first-order chi connectivity index (χ1) is 8.58. The molecule has 0 saturated heterocycles. The molecule has 0 spiro atoms. The minimum atomic E-state index is -0.621. The largest absolute Gasteiger partial charge is 0.388 e. The summed E-state index contributed by atoms with van der Waals surface area (Å²) in [5.41, 5.74) is 2.68. The number of aliphatic hydroxyl groups excluding tert-OH is 1. The molecule has 1 unspecified atom stereocenters. The van der Waals surface area contributed by atoms with Crippen LogP contribution in [0.15, 0.2) is 46.9 Å². The van der Waals surface area contributed by atoms with Crippen LogP contribution < -0.4 is 0 Å². The molecule has 2 aromatic carbocycles. The van der Waals surface area contributed by atoms with Crippen molar-refractivity contribution in [1.29, 1.82) is 0 Å². The fourth-order valence-electron chi connectivity index (χ4n) is 1.98. The summed E-state index contributed by atoms with van der Waals surface area (Å²) in [5, 5.41) is 10.2. The third-order valence-corrected chi connectivity index (χ3v) is 3.85. The second-order valence-electron chi connectivity index (χ2n) is 4.30. The fourth-order valence-corrected chi connectivity index (χ4v) is 2.36. The zero-order valence-electron chi connectivity index (χ0n) is 10.0. The standard InChI is InChI=1S/C15H14BrFO/c1-10-13(6-3-7-14(10)16)15(18)9-11-4-2-5-12(17)8-11/h2-8,15,18H,9H2,1H3. The highest BCUT2D eigenvalue weighted by atomic mass is 79.9. The van der Waals surface area contributed by atoms with Crippen molar-refractivity contribution in [3.63, 3.8) is 0 Å². The molecule has 0 fully saturated rings. The van der Waals surface area contributed by atoms with E-state index in [0.29, 0.717) is 6.42 Å². The van der Waals surface area contributed by atoms with Crippen LogP contribution in [0.5, 0.6) is 0 Å². The van der Waals surface area contributed by atoms with Crippen molar-refractivity contribution < 1.29 is 9.50 Å². The van der Waals surface area contributed by atoms with E-state index in [2.05, 4.69) is 15.9 Å². The van der Waals surface area contributed by atoms with E-state index in [1.54, 1.807) is 6.07 Å². The first-order valence-corrected chi connectivity index (χ1v) is 6.55. The molecule has 0 aromatic heterocycles. The lowest BCUT2D eigenvalue weighted by Crippen LogP contribution is -2.04. The summed E-state index contributed by atoms with van der Waals surface area (Å²) in [7, 11) is 0. The summed E-state index contributed by atoms with van der Waals surface area (Å²) in [6.45, 7) is 1.95. The molecule has 1 N–H and O–H groups in total. The zero-order valence-corrected chi connectivity index (χ0v) is 11.6. The van der Waals surface area contributed by atoms with Crippen molar-refractivity contribution in [3.8, 4) is 0 Å². The second kappa shape index (κ2) is 5.63. The summed E-state index contributed by atoms with van der Waals surface area (Å²) in [6.07, 6.45) is -0.209. The van der Waals surface area contributed by atoms with Crippen LogP contribution in [0.25, 0.3) is 0 Å². The molecular weight excluding hydrogens is 295 g/mol. The molecule has 2 rings (SSSR count). The highest BCUT2D eigenvalue weighted by molar-refractivity contribution is 9.10. The average molecular weight is 309 g/mol. The second-order valence-corrected chi connectivity index (χ2v) is 5.16. The quantitative estimate of drug-likeness (QED) is 0.902. The van der Waals surface area contributed by atoms with Crippen molar-refractivity contribution in [3.05, 3.63) is 69.4 Å². The lowest BCUT2D eigenvalue weighted by Gasteiger charge is -2.14. The van der Waals surface area contributed by atoms with E-state index in [0.717, 1.165) is 21.2 Å². The molecule has 0 heterocycles. The summed E-state index contributed by atoms with van der Waals surface area (Å²) in [6, 6.07) is 12.1. The third-order valence-electron chi connectivity index (χ3n) is 2.99. The molecule has 2 aromatic rings. The topological polar surface area (TPSA) is 20.2 Å². The van der Waals surface area contributed by atoms with Crippen LogP contribution in [-0.4, -0.2) is 5.11 Å². The molecule has 18 heavy (non-hydrogen) atoms. The Hall–Kier alpha value is -1.19. The van der Waals surface area contributed by atoms with E-state index in [1.807, 2.05) is 31.2 Å². The zero-order chi connectivity index (χ0) is 13.1. The van der Waals surface area contributed by atoms with Gasteiger partial charge >= 0.3 is 0 Å². The fraction of sp³-hybridized carbons (Fsp3) is 0.200. The lowest BCUT2D eigenvalue weighted by molar-refractivity contribution is 0.177. The predicted octanol–water partition coefficient (Wildman–Crippen LogP) is 4.17. The van der Waals surface area contributed by atoms with Gasteiger partial charge in [0.2, 0.25) is 0 Å². The maximum atomic E-state index is 13.1. The molecule has 3 heteroatoms. The van der Waals surface area contributed by atoms with Crippen LogP contribution in [0.4, 0.5) is 4.39 Å². The Morgan fingerprint density at radius 2 is 1.94 bits per heavy atom. The van der Waals surface area contributed by atoms with Crippen molar-refractivity contribution >= 4 is 15.9 Å². The molecule has 0 aliphatic carbocycles. The van der Waals surface area contributed by atoms with E-state index in [1.165, 1.54) is 12.1 Å². The normalized spacial score (nSPS) is 12.4. The van der Waals surface area contributed by atoms with Gasteiger partial charge in [0.1, 0.15) is 5.82 Å². The highest BCUT2D eigenvalue weighted by Gasteiger charge is 2.12. The molecule has 0 aliphatic heterocycles. The van der Waals surface area contributed by atoms with Crippen LogP contribution in [0.1, 0.15) is 22.8 Å². The van der Waals surface area contributed by atoms with Crippen LogP contribution in [0.3, 0.4) is 0 Å². The number of benzene rings is 2. The SMILES string of the molecule is Cc1c(Br)cccc1C(O)Cc1cccc(F)c1. The Morgan fingerprint density at radius 3 is 2.67 bits per heavy atom. The number of aliphatic hydroxyl groups is 1. The van der Waals surface area contributed by atoms with Gasteiger partial charge in [-0.05, 0) is 41.8 Å². The van der Waals surface area contributed by atoms with Crippen LogP contribution in [-0.2, 0) is 6.42 Å². The van der Waals surface area contributed by atoms with Crippen LogP contribution in [0.2, 0.25) is 0 Å². The number of rotatable bonds is 3. The van der Waals surface area contributed by atoms with E-state index < -0.39 is 6.10 Å². The number of hydrogen-bond donors (Lipinski definition) is 1. The predicted molar refractivity (Wildman–Crippen MR) is 73.9 cm³/mol. The van der Waals surface area contributed by atoms with E-state index in [-0.39, 0.29) is 5.82 Å². The van der Waals surface area contributed by atoms with Crippen LogP contribution >= 0.6 is 15.9 Å². The van der Waals surface area contributed by atoms with Gasteiger partial charge in [-0.3, -0.25) is 0 Å². The summed E-state index contributed by atoms with van der Waals surface area (Å²) >= 11 is 3.44. The monoisotopic (exact) mass is 308 g/mol. The van der Waals surface area contributed by atoms with Gasteiger partial charge < -0.3 is 5.11 Å². The molecular formula is C15H14BrFO. The smallest absolute Gasteiger partial charge is 0.123 e. The lowest BCUT2D eigenvalue weighted by atomic mass is 9.98. The van der Waals surface area contributed by atoms with Gasteiger partial charge in [0.15, 0.2) is 0 Å². The van der Waals surface area contributed by atoms with Gasteiger partial charge in [-0.2, -0.15) is 0 Å². The molecule has 94 valence electrons. The maximum absolute atomic E-state index is 13.1. The van der Waals surface area contributed by atoms with E-state index >= 15 is 0 Å². The Balaban J connectivity index is 2.22. The van der Waals surface area contributed by atoms with Gasteiger partial charge in [-0.15, -0.1) is 0 Å². The first kappa shape index (κ1) is 13.2. The van der Waals surface area contributed by atoms with E-state index in [9.17, 15) is 9.50 Å². The minimum Gasteiger partial charge on any atom is -0.388 e. The summed E-state index contributed by atoms with van der Waals surface area (Å²) < 4.78 is 14.0. The molecule has 1 atom stereocenters. The minimum absolute atomic E-state index is 0.273. The molecule has 0 bridgehead atoms. The Morgan fingerprint density at radius 1 is 1.22 bits per heavy atom.